The Hall–Kier alpha value is -3.12. The van der Waals surface area contributed by atoms with Gasteiger partial charge in [-0.15, -0.1) is 0 Å². The zero-order valence-electron chi connectivity index (χ0n) is 16.3. The summed E-state index contributed by atoms with van der Waals surface area (Å²) in [5.74, 6) is 0.0497. The molecule has 0 aliphatic rings. The first-order chi connectivity index (χ1) is 14.0. The summed E-state index contributed by atoms with van der Waals surface area (Å²) in [6, 6.07) is 19.4. The van der Waals surface area contributed by atoms with Gasteiger partial charge in [0, 0.05) is 12.2 Å². The molecule has 146 valence electrons. The molecule has 5 nitrogen and oxygen atoms in total. The lowest BCUT2D eigenvalue weighted by atomic mass is 10.1. The Morgan fingerprint density at radius 2 is 1.76 bits per heavy atom. The molecule has 1 amide bonds. The number of nitrogens with one attached hydrogen (secondary N) is 1. The van der Waals surface area contributed by atoms with Crippen LogP contribution in [0.1, 0.15) is 12.5 Å². The summed E-state index contributed by atoms with van der Waals surface area (Å²) in [6.45, 7) is 4.41. The largest absolute Gasteiger partial charge is 0.325 e. The maximum Gasteiger partial charge on any atom is 0.262 e. The topological polar surface area (TPSA) is 64.0 Å². The third-order valence-corrected chi connectivity index (χ3v) is 5.75. The standard InChI is InChI=1S/C23H21N3O2S/c1-3-26-22(28)19-12-16-6-4-5-7-17(16)13-20(19)25-23(26)29-14-21(27)24-18-10-8-15(2)9-11-18/h4-13H,3,14H2,1-2H3,(H,24,27). The van der Waals surface area contributed by atoms with Gasteiger partial charge in [-0.3, -0.25) is 14.2 Å². The van der Waals surface area contributed by atoms with Crippen molar-refractivity contribution in [2.24, 2.45) is 0 Å². The first kappa shape index (κ1) is 19.2. The molecule has 4 aromatic rings. The maximum atomic E-state index is 13.0. The molecule has 0 bridgehead atoms. The molecule has 4 rings (SSSR count). The predicted molar refractivity (Wildman–Crippen MR) is 120 cm³/mol. The van der Waals surface area contributed by atoms with Crippen LogP contribution in [-0.2, 0) is 11.3 Å². The summed E-state index contributed by atoms with van der Waals surface area (Å²) < 4.78 is 1.63. The molecule has 0 atom stereocenters. The number of carbonyl (C=O) groups excluding carboxylic acids is 1. The Labute approximate surface area is 172 Å². The molecular weight excluding hydrogens is 382 g/mol. The Morgan fingerprint density at radius 1 is 1.07 bits per heavy atom. The molecule has 0 spiro atoms. The van der Waals surface area contributed by atoms with Gasteiger partial charge in [-0.05, 0) is 48.9 Å². The number of hydrogen-bond donors (Lipinski definition) is 1. The summed E-state index contributed by atoms with van der Waals surface area (Å²) in [7, 11) is 0. The van der Waals surface area contributed by atoms with Crippen molar-refractivity contribution >= 4 is 45.0 Å². The number of fused-ring (bicyclic) bond motifs is 2. The van der Waals surface area contributed by atoms with Crippen molar-refractivity contribution in [2.45, 2.75) is 25.5 Å². The van der Waals surface area contributed by atoms with E-state index < -0.39 is 0 Å². The Bertz CT molecular complexity index is 1260. The molecule has 0 saturated carbocycles. The van der Waals surface area contributed by atoms with Crippen molar-refractivity contribution in [1.29, 1.82) is 0 Å². The van der Waals surface area contributed by atoms with Crippen molar-refractivity contribution in [2.75, 3.05) is 11.1 Å². The number of hydrogen-bond acceptors (Lipinski definition) is 4. The van der Waals surface area contributed by atoms with Crippen LogP contribution in [-0.4, -0.2) is 21.2 Å². The summed E-state index contributed by atoms with van der Waals surface area (Å²) in [4.78, 5) is 30.0. The minimum atomic E-state index is -0.130. The molecule has 0 fully saturated rings. The van der Waals surface area contributed by atoms with E-state index in [2.05, 4.69) is 5.32 Å². The minimum Gasteiger partial charge on any atom is -0.325 e. The number of amides is 1. The van der Waals surface area contributed by atoms with Gasteiger partial charge >= 0.3 is 0 Å². The van der Waals surface area contributed by atoms with Crippen LogP contribution in [0.25, 0.3) is 21.7 Å². The van der Waals surface area contributed by atoms with Crippen molar-refractivity contribution in [1.82, 2.24) is 9.55 Å². The SMILES string of the molecule is CCn1c(SCC(=O)Nc2ccc(C)cc2)nc2cc3ccccc3cc2c1=O. The number of thioether (sulfide) groups is 1. The quantitative estimate of drug-likeness (QED) is 0.300. The normalized spacial score (nSPS) is 11.1. The summed E-state index contributed by atoms with van der Waals surface area (Å²) in [5.41, 5.74) is 2.47. The number of benzene rings is 3. The number of carbonyl (C=O) groups is 1. The Morgan fingerprint density at radius 3 is 2.45 bits per heavy atom. The van der Waals surface area contributed by atoms with E-state index in [-0.39, 0.29) is 17.2 Å². The van der Waals surface area contributed by atoms with E-state index in [1.807, 2.05) is 74.5 Å². The molecular formula is C23H21N3O2S. The van der Waals surface area contributed by atoms with Crippen LogP contribution in [0.5, 0.6) is 0 Å². The van der Waals surface area contributed by atoms with Crippen LogP contribution in [0.2, 0.25) is 0 Å². The van der Waals surface area contributed by atoms with Gasteiger partial charge in [0.15, 0.2) is 5.16 Å². The zero-order chi connectivity index (χ0) is 20.4. The van der Waals surface area contributed by atoms with Gasteiger partial charge in [0.05, 0.1) is 16.7 Å². The molecule has 0 unspecified atom stereocenters. The fourth-order valence-electron chi connectivity index (χ4n) is 3.24. The van der Waals surface area contributed by atoms with Crippen LogP contribution in [0.3, 0.4) is 0 Å². The van der Waals surface area contributed by atoms with Crippen molar-refractivity contribution in [3.8, 4) is 0 Å². The van der Waals surface area contributed by atoms with E-state index in [0.717, 1.165) is 22.0 Å². The van der Waals surface area contributed by atoms with E-state index in [9.17, 15) is 9.59 Å². The fourth-order valence-corrected chi connectivity index (χ4v) is 4.10. The molecule has 0 aliphatic heterocycles. The molecule has 0 radical (unpaired) electrons. The zero-order valence-corrected chi connectivity index (χ0v) is 17.1. The van der Waals surface area contributed by atoms with E-state index in [1.54, 1.807) is 4.57 Å². The molecule has 1 N–H and O–H groups in total. The lowest BCUT2D eigenvalue weighted by molar-refractivity contribution is -0.113. The van der Waals surface area contributed by atoms with Crippen LogP contribution in [0, 0.1) is 6.92 Å². The highest BCUT2D eigenvalue weighted by Crippen LogP contribution is 2.23. The molecule has 1 heterocycles. The van der Waals surface area contributed by atoms with Crippen LogP contribution in [0.4, 0.5) is 5.69 Å². The Balaban J connectivity index is 1.62. The van der Waals surface area contributed by atoms with Gasteiger partial charge in [-0.1, -0.05) is 53.7 Å². The molecule has 0 aliphatic carbocycles. The van der Waals surface area contributed by atoms with Crippen molar-refractivity contribution in [3.63, 3.8) is 0 Å². The maximum absolute atomic E-state index is 13.0. The molecule has 3 aromatic carbocycles. The number of rotatable bonds is 5. The second-order valence-corrected chi connectivity index (χ2v) is 7.81. The van der Waals surface area contributed by atoms with Crippen LogP contribution in [0.15, 0.2) is 70.6 Å². The number of aryl methyl sites for hydroxylation is 1. The third-order valence-electron chi connectivity index (χ3n) is 4.77. The molecule has 29 heavy (non-hydrogen) atoms. The van der Waals surface area contributed by atoms with Gasteiger partial charge in [0.25, 0.3) is 5.56 Å². The summed E-state index contributed by atoms with van der Waals surface area (Å²) in [6.07, 6.45) is 0. The van der Waals surface area contributed by atoms with Gasteiger partial charge < -0.3 is 5.32 Å². The van der Waals surface area contributed by atoms with Crippen LogP contribution >= 0.6 is 11.8 Å². The number of aromatic nitrogens is 2. The highest BCUT2D eigenvalue weighted by Gasteiger charge is 2.13. The smallest absolute Gasteiger partial charge is 0.262 e. The number of nitrogens with zero attached hydrogens (tertiary/aromatic N) is 2. The highest BCUT2D eigenvalue weighted by molar-refractivity contribution is 7.99. The molecule has 0 saturated heterocycles. The van der Waals surface area contributed by atoms with Crippen molar-refractivity contribution in [3.05, 3.63) is 76.6 Å². The average Bonchev–Trinajstić information content (AvgIpc) is 2.73. The summed E-state index contributed by atoms with van der Waals surface area (Å²) >= 11 is 1.28. The third kappa shape index (κ3) is 4.03. The van der Waals surface area contributed by atoms with E-state index >= 15 is 0 Å². The first-order valence-corrected chi connectivity index (χ1v) is 10.5. The fraction of sp³-hybridized carbons (Fsp3) is 0.174. The first-order valence-electron chi connectivity index (χ1n) is 9.48. The average molecular weight is 404 g/mol. The molecule has 6 heteroatoms. The monoisotopic (exact) mass is 403 g/mol. The van der Waals surface area contributed by atoms with E-state index in [1.165, 1.54) is 11.8 Å². The van der Waals surface area contributed by atoms with Gasteiger partial charge in [0.2, 0.25) is 5.91 Å². The van der Waals surface area contributed by atoms with E-state index in [0.29, 0.717) is 22.6 Å². The van der Waals surface area contributed by atoms with E-state index in [4.69, 9.17) is 4.98 Å². The van der Waals surface area contributed by atoms with Gasteiger partial charge in [0.1, 0.15) is 0 Å². The Kier molecular flexibility index (Phi) is 5.36. The minimum absolute atomic E-state index is 0.0790. The predicted octanol–water partition coefficient (Wildman–Crippen LogP) is 4.61. The van der Waals surface area contributed by atoms with Crippen LogP contribution < -0.4 is 10.9 Å². The summed E-state index contributed by atoms with van der Waals surface area (Å²) in [5, 5.41) is 6.08. The second-order valence-electron chi connectivity index (χ2n) is 6.86. The second kappa shape index (κ2) is 8.09. The molecule has 1 aromatic heterocycles. The van der Waals surface area contributed by atoms with Gasteiger partial charge in [-0.2, -0.15) is 0 Å². The lowest BCUT2D eigenvalue weighted by Crippen LogP contribution is -2.23. The number of anilines is 1. The highest BCUT2D eigenvalue weighted by atomic mass is 32.2. The van der Waals surface area contributed by atoms with Crippen molar-refractivity contribution < 1.29 is 4.79 Å². The lowest BCUT2D eigenvalue weighted by Gasteiger charge is -2.12. The van der Waals surface area contributed by atoms with Gasteiger partial charge in [-0.25, -0.2) is 4.98 Å².